The Morgan fingerprint density at radius 2 is 1.96 bits per heavy atom. The molecule has 50 heavy (non-hydrogen) atoms. The van der Waals surface area contributed by atoms with Crippen LogP contribution in [-0.4, -0.2) is 83.3 Å². The Bertz CT molecular complexity index is 2110. The fraction of sp³-hybridized carbons (Fsp3) is 0.389. The Balaban J connectivity index is 1.32. The maximum absolute atomic E-state index is 17.2. The number of methoxy groups -OCH3 is 1. The molecule has 3 atom stereocenters. The highest BCUT2D eigenvalue weighted by Gasteiger charge is 2.49. The van der Waals surface area contributed by atoms with E-state index in [0.717, 1.165) is 24.9 Å². The summed E-state index contributed by atoms with van der Waals surface area (Å²) >= 11 is 0. The van der Waals surface area contributed by atoms with Gasteiger partial charge in [0.05, 0.1) is 18.1 Å². The largest absolute Gasteiger partial charge is 0.475 e. The number of nitrogens with zero attached hydrogens (tertiary/aromatic N) is 6. The lowest BCUT2D eigenvalue weighted by Crippen LogP contribution is -2.43. The zero-order valence-corrected chi connectivity index (χ0v) is 27.7. The highest BCUT2D eigenvalue weighted by atomic mass is 19.1. The molecule has 3 aliphatic heterocycles. The molecular weight excluding hydrogens is 651 g/mol. The van der Waals surface area contributed by atoms with E-state index < -0.39 is 23.3 Å². The van der Waals surface area contributed by atoms with Gasteiger partial charge in [-0.2, -0.15) is 9.97 Å². The summed E-state index contributed by atoms with van der Waals surface area (Å²) in [5.41, 5.74) is 6.39. The number of rotatable bonds is 9. The summed E-state index contributed by atoms with van der Waals surface area (Å²) < 4.78 is 70.6. The molecule has 0 spiro atoms. The SMILES string of the molecule is COCOc1cc(-c2nc3c4c(nc(OC[C@@]56CCCN5C[C@H](F)C6)nc4c2F)N([C@H](C)c2cccnc2N)CCO3)c2c(F)cccc2c1. The first-order valence-electron chi connectivity index (χ1n) is 16.6. The number of halogens is 3. The first-order chi connectivity index (χ1) is 24.3. The highest BCUT2D eigenvalue weighted by molar-refractivity contribution is 6.02. The number of ether oxygens (including phenoxy) is 4. The van der Waals surface area contributed by atoms with E-state index in [0.29, 0.717) is 42.3 Å². The Kier molecular flexibility index (Phi) is 8.22. The molecule has 2 saturated heterocycles. The number of alkyl halides is 1. The third kappa shape index (κ3) is 5.46. The van der Waals surface area contributed by atoms with Crippen molar-refractivity contribution in [3.05, 3.63) is 65.9 Å². The lowest BCUT2D eigenvalue weighted by molar-refractivity contribution is 0.0512. The molecule has 0 aliphatic carbocycles. The van der Waals surface area contributed by atoms with Gasteiger partial charge in [-0.05, 0) is 56.0 Å². The molecule has 0 amide bonds. The molecule has 2 aromatic carbocycles. The molecule has 8 rings (SSSR count). The van der Waals surface area contributed by atoms with Crippen LogP contribution < -0.4 is 24.8 Å². The van der Waals surface area contributed by atoms with E-state index in [-0.39, 0.29) is 65.5 Å². The van der Waals surface area contributed by atoms with Gasteiger partial charge in [0.1, 0.15) is 59.2 Å². The smallest absolute Gasteiger partial charge is 0.319 e. The molecule has 2 fully saturated rings. The fourth-order valence-electron chi connectivity index (χ4n) is 7.73. The van der Waals surface area contributed by atoms with Crippen molar-refractivity contribution in [3.8, 4) is 28.9 Å². The Hall–Kier alpha value is -4.95. The summed E-state index contributed by atoms with van der Waals surface area (Å²) in [4.78, 5) is 22.4. The van der Waals surface area contributed by atoms with Crippen molar-refractivity contribution < 1.29 is 32.1 Å². The van der Waals surface area contributed by atoms with Crippen LogP contribution in [0.3, 0.4) is 0 Å². The highest BCUT2D eigenvalue weighted by Crippen LogP contribution is 2.45. The second-order valence-electron chi connectivity index (χ2n) is 13.1. The van der Waals surface area contributed by atoms with Crippen LogP contribution in [0.5, 0.6) is 17.6 Å². The van der Waals surface area contributed by atoms with E-state index in [1.165, 1.54) is 19.2 Å². The summed E-state index contributed by atoms with van der Waals surface area (Å²) in [7, 11) is 1.48. The van der Waals surface area contributed by atoms with Crippen LogP contribution in [0.15, 0.2) is 48.7 Å². The van der Waals surface area contributed by atoms with Crippen molar-refractivity contribution in [2.75, 3.05) is 57.4 Å². The van der Waals surface area contributed by atoms with Crippen LogP contribution in [-0.2, 0) is 4.74 Å². The minimum Gasteiger partial charge on any atom is -0.475 e. The van der Waals surface area contributed by atoms with Gasteiger partial charge in [-0.3, -0.25) is 4.90 Å². The van der Waals surface area contributed by atoms with Crippen molar-refractivity contribution in [1.82, 2.24) is 24.8 Å². The van der Waals surface area contributed by atoms with Crippen LogP contribution in [0.4, 0.5) is 24.8 Å². The molecule has 2 N–H and O–H groups in total. The number of nitrogens with two attached hydrogens (primary N) is 1. The number of nitrogen functional groups attached to an aromatic ring is 1. The Morgan fingerprint density at radius 1 is 1.08 bits per heavy atom. The molecular formula is C36H36F3N7O4. The minimum atomic E-state index is -0.952. The molecule has 0 bridgehead atoms. The normalized spacial score (nSPS) is 20.9. The molecule has 11 nitrogen and oxygen atoms in total. The van der Waals surface area contributed by atoms with E-state index in [1.54, 1.807) is 30.5 Å². The van der Waals surface area contributed by atoms with Crippen LogP contribution in [0.25, 0.3) is 32.9 Å². The molecule has 0 radical (unpaired) electrons. The van der Waals surface area contributed by atoms with Gasteiger partial charge >= 0.3 is 6.01 Å². The lowest BCUT2D eigenvalue weighted by atomic mass is 9.95. The van der Waals surface area contributed by atoms with Crippen molar-refractivity contribution in [2.45, 2.75) is 43.9 Å². The average molecular weight is 688 g/mol. The van der Waals surface area contributed by atoms with Gasteiger partial charge in [-0.15, -0.1) is 0 Å². The second-order valence-corrected chi connectivity index (χ2v) is 13.1. The van der Waals surface area contributed by atoms with Crippen LogP contribution >= 0.6 is 0 Å². The monoisotopic (exact) mass is 687 g/mol. The fourth-order valence-corrected chi connectivity index (χ4v) is 7.73. The lowest BCUT2D eigenvalue weighted by Gasteiger charge is -2.32. The summed E-state index contributed by atoms with van der Waals surface area (Å²) in [5, 5.41) is 0.859. The summed E-state index contributed by atoms with van der Waals surface area (Å²) in [5.74, 6) is -0.300. The number of fused-ring (bicyclic) bond motifs is 2. The zero-order chi connectivity index (χ0) is 34.6. The molecule has 3 aliphatic rings. The topological polar surface area (TPSA) is 121 Å². The summed E-state index contributed by atoms with van der Waals surface area (Å²) in [6, 6.07) is 11.0. The van der Waals surface area contributed by atoms with E-state index >= 15 is 8.78 Å². The first kappa shape index (κ1) is 32.3. The van der Waals surface area contributed by atoms with Gasteiger partial charge in [-0.1, -0.05) is 18.2 Å². The van der Waals surface area contributed by atoms with Crippen molar-refractivity contribution in [1.29, 1.82) is 0 Å². The Morgan fingerprint density at radius 3 is 2.80 bits per heavy atom. The van der Waals surface area contributed by atoms with Crippen LogP contribution in [0.1, 0.15) is 37.8 Å². The van der Waals surface area contributed by atoms with E-state index in [1.807, 2.05) is 17.9 Å². The number of anilines is 2. The van der Waals surface area contributed by atoms with Crippen LogP contribution in [0, 0.1) is 11.6 Å². The van der Waals surface area contributed by atoms with Crippen molar-refractivity contribution in [3.63, 3.8) is 0 Å². The van der Waals surface area contributed by atoms with Crippen molar-refractivity contribution >= 4 is 33.3 Å². The molecule has 0 unspecified atom stereocenters. The molecule has 5 aromatic rings. The average Bonchev–Trinajstić information content (AvgIpc) is 3.57. The van der Waals surface area contributed by atoms with Gasteiger partial charge in [0.2, 0.25) is 5.88 Å². The van der Waals surface area contributed by atoms with Gasteiger partial charge in [0, 0.05) is 42.8 Å². The van der Waals surface area contributed by atoms with Crippen molar-refractivity contribution in [2.24, 2.45) is 0 Å². The number of pyridine rings is 2. The standard InChI is InChI=1S/C36H36F3N7O4/c1-20(24-7-4-10-41-32(24)40)46-12-13-48-34-28-31(43-35(44-33(28)46)49-18-36-9-5-11-45(36)17-22(37)16-36)29(39)30(42-34)25-15-23(50-19-47-2)14-21-6-3-8-26(38)27(21)25/h3-4,6-8,10,14-15,20,22H,5,9,11-13,16-19H2,1-2H3,(H2,40,41)/t20-,22-,36+/m1/s1. The molecule has 3 aromatic heterocycles. The molecule has 14 heteroatoms. The van der Waals surface area contributed by atoms with E-state index in [2.05, 4.69) is 19.9 Å². The predicted molar refractivity (Wildman–Crippen MR) is 181 cm³/mol. The number of hydrogen-bond acceptors (Lipinski definition) is 11. The maximum atomic E-state index is 17.2. The van der Waals surface area contributed by atoms with E-state index in [9.17, 15) is 4.39 Å². The third-order valence-corrected chi connectivity index (χ3v) is 10.1. The van der Waals surface area contributed by atoms with Gasteiger partial charge in [-0.25, -0.2) is 23.1 Å². The number of benzene rings is 2. The predicted octanol–water partition coefficient (Wildman–Crippen LogP) is 6.00. The second kappa shape index (κ2) is 12.7. The van der Waals surface area contributed by atoms with E-state index in [4.69, 9.17) is 29.7 Å². The summed E-state index contributed by atoms with van der Waals surface area (Å²) in [6.07, 6.45) is 2.71. The molecule has 260 valence electrons. The zero-order valence-electron chi connectivity index (χ0n) is 27.7. The first-order valence-corrected chi connectivity index (χ1v) is 16.6. The molecule has 6 heterocycles. The third-order valence-electron chi connectivity index (χ3n) is 10.1. The quantitative estimate of drug-likeness (QED) is 0.184. The number of aromatic nitrogens is 4. The van der Waals surface area contributed by atoms with Crippen LogP contribution in [0.2, 0.25) is 0 Å². The van der Waals surface area contributed by atoms with Gasteiger partial charge in [0.25, 0.3) is 0 Å². The minimum absolute atomic E-state index is 0.0723. The van der Waals surface area contributed by atoms with Gasteiger partial charge < -0.3 is 29.6 Å². The van der Waals surface area contributed by atoms with Gasteiger partial charge in [0.15, 0.2) is 12.6 Å². The summed E-state index contributed by atoms with van der Waals surface area (Å²) in [6.45, 7) is 3.64. The number of hydrogen-bond donors (Lipinski definition) is 1. The Labute approximate surface area is 286 Å². The molecule has 0 saturated carbocycles. The maximum Gasteiger partial charge on any atom is 0.319 e.